The number of nitrogens with zero attached hydrogens (tertiary/aromatic N) is 1. The molecule has 1 amide bonds. The van der Waals surface area contributed by atoms with Gasteiger partial charge in [0.25, 0.3) is 5.91 Å². The van der Waals surface area contributed by atoms with Crippen LogP contribution in [0.2, 0.25) is 0 Å². The molecule has 0 aliphatic rings. The standard InChI is InChI=1S/C25H28N2O2/c1-18(27-24(28)20-10-12-21(13-11-20)25(2,3)4)23-15-14-22(16-26-23)29-17-19-8-6-5-7-9-19/h5-16,18H,17H2,1-4H3,(H,27,28)/t18-/m1/s1. The van der Waals surface area contributed by atoms with Crippen LogP contribution >= 0.6 is 0 Å². The van der Waals surface area contributed by atoms with Crippen LogP contribution < -0.4 is 10.1 Å². The molecule has 3 aromatic rings. The Balaban J connectivity index is 1.57. The van der Waals surface area contributed by atoms with Crippen LogP contribution in [0, 0.1) is 0 Å². The topological polar surface area (TPSA) is 51.2 Å². The van der Waals surface area contributed by atoms with Gasteiger partial charge in [0.05, 0.1) is 17.9 Å². The van der Waals surface area contributed by atoms with Crippen molar-refractivity contribution >= 4 is 5.91 Å². The first-order valence-electron chi connectivity index (χ1n) is 9.87. The fourth-order valence-electron chi connectivity index (χ4n) is 2.95. The van der Waals surface area contributed by atoms with E-state index in [1.165, 1.54) is 5.56 Å². The summed E-state index contributed by atoms with van der Waals surface area (Å²) in [4.78, 5) is 17.0. The minimum Gasteiger partial charge on any atom is -0.487 e. The molecule has 0 radical (unpaired) electrons. The van der Waals surface area contributed by atoms with Gasteiger partial charge >= 0.3 is 0 Å². The summed E-state index contributed by atoms with van der Waals surface area (Å²) in [5.74, 6) is 0.595. The molecule has 29 heavy (non-hydrogen) atoms. The van der Waals surface area contributed by atoms with Crippen molar-refractivity contribution in [2.45, 2.75) is 45.8 Å². The zero-order valence-electron chi connectivity index (χ0n) is 17.5. The first-order valence-corrected chi connectivity index (χ1v) is 9.87. The van der Waals surface area contributed by atoms with Gasteiger partial charge in [-0.2, -0.15) is 0 Å². The average Bonchev–Trinajstić information content (AvgIpc) is 2.73. The molecule has 4 heteroatoms. The van der Waals surface area contributed by atoms with Crippen molar-refractivity contribution in [2.75, 3.05) is 0 Å². The highest BCUT2D eigenvalue weighted by molar-refractivity contribution is 5.94. The average molecular weight is 389 g/mol. The van der Waals surface area contributed by atoms with Crippen molar-refractivity contribution in [3.05, 3.63) is 95.3 Å². The first-order chi connectivity index (χ1) is 13.8. The number of carbonyl (C=O) groups excluding carboxylic acids is 1. The van der Waals surface area contributed by atoms with Gasteiger partial charge in [0.15, 0.2) is 0 Å². The number of nitrogens with one attached hydrogen (secondary N) is 1. The molecule has 0 aliphatic heterocycles. The maximum absolute atomic E-state index is 12.6. The van der Waals surface area contributed by atoms with Gasteiger partial charge in [0.1, 0.15) is 12.4 Å². The molecular formula is C25H28N2O2. The second-order valence-electron chi connectivity index (χ2n) is 8.22. The van der Waals surface area contributed by atoms with E-state index < -0.39 is 0 Å². The molecule has 150 valence electrons. The summed E-state index contributed by atoms with van der Waals surface area (Å²) in [5.41, 5.74) is 3.81. The number of pyridine rings is 1. The zero-order chi connectivity index (χ0) is 20.9. The highest BCUT2D eigenvalue weighted by Gasteiger charge is 2.16. The smallest absolute Gasteiger partial charge is 0.251 e. The Hall–Kier alpha value is -3.14. The molecule has 1 heterocycles. The van der Waals surface area contributed by atoms with Crippen molar-refractivity contribution in [1.29, 1.82) is 0 Å². The lowest BCUT2D eigenvalue weighted by Gasteiger charge is -2.19. The molecule has 0 saturated carbocycles. The molecule has 1 atom stereocenters. The molecule has 4 nitrogen and oxygen atoms in total. The van der Waals surface area contributed by atoms with Gasteiger partial charge in [-0.15, -0.1) is 0 Å². The molecule has 3 rings (SSSR count). The SMILES string of the molecule is C[C@@H](NC(=O)c1ccc(C(C)(C)C)cc1)c1ccc(OCc2ccccc2)cn1. The Kier molecular flexibility index (Phi) is 6.32. The second-order valence-corrected chi connectivity index (χ2v) is 8.22. The number of ether oxygens (including phenoxy) is 1. The number of amides is 1. The summed E-state index contributed by atoms with van der Waals surface area (Å²) < 4.78 is 5.77. The van der Waals surface area contributed by atoms with Crippen LogP contribution in [-0.4, -0.2) is 10.9 Å². The van der Waals surface area contributed by atoms with E-state index in [0.29, 0.717) is 17.9 Å². The third-order valence-electron chi connectivity index (χ3n) is 4.81. The normalized spacial score (nSPS) is 12.3. The van der Waals surface area contributed by atoms with Crippen molar-refractivity contribution in [3.63, 3.8) is 0 Å². The summed E-state index contributed by atoms with van der Waals surface area (Å²) in [6, 6.07) is 21.3. The third kappa shape index (κ3) is 5.67. The minimum absolute atomic E-state index is 0.0660. The van der Waals surface area contributed by atoms with Crippen LogP contribution in [-0.2, 0) is 12.0 Å². The van der Waals surface area contributed by atoms with Crippen molar-refractivity contribution in [1.82, 2.24) is 10.3 Å². The fourth-order valence-corrected chi connectivity index (χ4v) is 2.95. The van der Waals surface area contributed by atoms with Crippen LogP contribution in [0.4, 0.5) is 0 Å². The molecule has 2 aromatic carbocycles. The molecule has 0 unspecified atom stereocenters. The number of hydrogen-bond donors (Lipinski definition) is 1. The van der Waals surface area contributed by atoms with Crippen LogP contribution in [0.5, 0.6) is 5.75 Å². The van der Waals surface area contributed by atoms with E-state index in [0.717, 1.165) is 11.3 Å². The minimum atomic E-state index is -0.201. The Morgan fingerprint density at radius 1 is 1.00 bits per heavy atom. The van der Waals surface area contributed by atoms with E-state index >= 15 is 0 Å². The van der Waals surface area contributed by atoms with E-state index in [-0.39, 0.29) is 17.4 Å². The Labute approximate surface area is 173 Å². The van der Waals surface area contributed by atoms with Gasteiger partial charge in [0, 0.05) is 5.56 Å². The zero-order valence-corrected chi connectivity index (χ0v) is 17.5. The second kappa shape index (κ2) is 8.91. The van der Waals surface area contributed by atoms with E-state index in [1.807, 2.05) is 73.7 Å². The quantitative estimate of drug-likeness (QED) is 0.611. The van der Waals surface area contributed by atoms with Gasteiger partial charge in [0.2, 0.25) is 0 Å². The van der Waals surface area contributed by atoms with Gasteiger partial charge in [-0.05, 0) is 47.7 Å². The van der Waals surface area contributed by atoms with Crippen molar-refractivity contribution in [3.8, 4) is 5.75 Å². The molecular weight excluding hydrogens is 360 g/mol. The van der Waals surface area contributed by atoms with Crippen molar-refractivity contribution < 1.29 is 9.53 Å². The number of rotatable bonds is 6. The first kappa shape index (κ1) is 20.6. The number of hydrogen-bond acceptors (Lipinski definition) is 3. The number of carbonyl (C=O) groups is 1. The molecule has 1 aromatic heterocycles. The molecule has 0 aliphatic carbocycles. The van der Waals surface area contributed by atoms with E-state index in [9.17, 15) is 4.79 Å². The highest BCUT2D eigenvalue weighted by atomic mass is 16.5. The van der Waals surface area contributed by atoms with Crippen LogP contribution in [0.3, 0.4) is 0 Å². The maximum Gasteiger partial charge on any atom is 0.251 e. The number of aromatic nitrogens is 1. The summed E-state index contributed by atoms with van der Waals surface area (Å²) in [6.07, 6.45) is 1.69. The maximum atomic E-state index is 12.6. The summed E-state index contributed by atoms with van der Waals surface area (Å²) in [6.45, 7) is 8.89. The Morgan fingerprint density at radius 3 is 2.28 bits per heavy atom. The monoisotopic (exact) mass is 388 g/mol. The molecule has 0 bridgehead atoms. The number of benzene rings is 2. The lowest BCUT2D eigenvalue weighted by molar-refractivity contribution is 0.0939. The van der Waals surface area contributed by atoms with Gasteiger partial charge in [-0.3, -0.25) is 9.78 Å². The van der Waals surface area contributed by atoms with E-state index in [4.69, 9.17) is 4.74 Å². The van der Waals surface area contributed by atoms with Crippen LogP contribution in [0.15, 0.2) is 72.9 Å². The van der Waals surface area contributed by atoms with Crippen LogP contribution in [0.25, 0.3) is 0 Å². The van der Waals surface area contributed by atoms with E-state index in [2.05, 4.69) is 31.1 Å². The molecule has 0 spiro atoms. The van der Waals surface area contributed by atoms with Gasteiger partial charge in [-0.1, -0.05) is 63.2 Å². The van der Waals surface area contributed by atoms with Crippen molar-refractivity contribution in [2.24, 2.45) is 0 Å². The summed E-state index contributed by atoms with van der Waals surface area (Å²) in [5, 5.41) is 3.01. The molecule has 0 saturated heterocycles. The van der Waals surface area contributed by atoms with Gasteiger partial charge in [-0.25, -0.2) is 0 Å². The van der Waals surface area contributed by atoms with Gasteiger partial charge < -0.3 is 10.1 Å². The predicted octanol–water partition coefficient (Wildman–Crippen LogP) is 5.45. The van der Waals surface area contributed by atoms with Crippen LogP contribution in [0.1, 0.15) is 60.9 Å². The Morgan fingerprint density at radius 2 is 1.69 bits per heavy atom. The lowest BCUT2D eigenvalue weighted by Crippen LogP contribution is -2.27. The summed E-state index contributed by atoms with van der Waals surface area (Å²) >= 11 is 0. The highest BCUT2D eigenvalue weighted by Crippen LogP contribution is 2.22. The van der Waals surface area contributed by atoms with E-state index in [1.54, 1.807) is 6.20 Å². The third-order valence-corrected chi connectivity index (χ3v) is 4.81. The lowest BCUT2D eigenvalue weighted by atomic mass is 9.86. The summed E-state index contributed by atoms with van der Waals surface area (Å²) in [7, 11) is 0. The molecule has 0 fully saturated rings. The largest absolute Gasteiger partial charge is 0.487 e. The molecule has 1 N–H and O–H groups in total. The Bertz CT molecular complexity index is 927. The fraction of sp³-hybridized carbons (Fsp3) is 0.280. The predicted molar refractivity (Wildman–Crippen MR) is 116 cm³/mol.